The van der Waals surface area contributed by atoms with Gasteiger partial charge in [-0.15, -0.1) is 10.2 Å². The highest BCUT2D eigenvalue weighted by Crippen LogP contribution is 2.42. The number of rotatable bonds is 13. The number of hydrogen-bond acceptors (Lipinski definition) is 15. The van der Waals surface area contributed by atoms with Crippen LogP contribution in [-0.2, 0) is 44.6 Å². The van der Waals surface area contributed by atoms with Crippen LogP contribution in [0.3, 0.4) is 0 Å². The Morgan fingerprint density at radius 2 is 1.69 bits per heavy atom. The second-order valence-electron chi connectivity index (χ2n) is 16.3. The maximum Gasteiger partial charge on any atom is 0.411 e. The summed E-state index contributed by atoms with van der Waals surface area (Å²) in [5, 5.41) is 27.7. The second-order valence-corrected chi connectivity index (χ2v) is 16.3. The first-order valence-corrected chi connectivity index (χ1v) is 20.5. The Labute approximate surface area is 347 Å². The van der Waals surface area contributed by atoms with Crippen molar-refractivity contribution in [1.29, 1.82) is 0 Å². The van der Waals surface area contributed by atoms with Gasteiger partial charge in [-0.3, -0.25) is 19.3 Å². The zero-order valence-corrected chi connectivity index (χ0v) is 36.6. The summed E-state index contributed by atoms with van der Waals surface area (Å²) in [5.41, 5.74) is -1.73. The lowest BCUT2D eigenvalue weighted by molar-refractivity contribution is -0.265. The number of carbonyl (C=O) groups excluding carboxylic acids is 4. The number of esters is 1. The maximum absolute atomic E-state index is 14.7. The minimum Gasteiger partial charge on any atom is -0.458 e. The van der Waals surface area contributed by atoms with Crippen molar-refractivity contribution < 1.29 is 48.0 Å². The molecule has 2 aliphatic heterocycles. The molecule has 12 atom stereocenters. The van der Waals surface area contributed by atoms with Gasteiger partial charge in [0.25, 0.3) is 0 Å². The summed E-state index contributed by atoms with van der Waals surface area (Å²) >= 11 is 0. The van der Waals surface area contributed by atoms with Gasteiger partial charge in [0.05, 0.1) is 30.5 Å². The first kappa shape index (κ1) is 47.3. The number of fused-ring (bicyclic) bond motifs is 1. The molecule has 17 nitrogen and oxygen atoms in total. The monoisotopic (exact) mass is 825 g/mol. The molecular weight excluding hydrogens is 763 g/mol. The van der Waals surface area contributed by atoms with Crippen LogP contribution in [0.1, 0.15) is 81.6 Å². The molecule has 2 saturated heterocycles. The molecule has 2 aromatic rings. The third-order valence-corrected chi connectivity index (χ3v) is 12.0. The van der Waals surface area contributed by atoms with Crippen LogP contribution in [0.5, 0.6) is 0 Å². The highest BCUT2D eigenvalue weighted by molar-refractivity contribution is 6.00. The standard InChI is InChI=1S/C42H63N7O10/c1-13-31(47(10)11)35(52)39(56-15-3)58-37-27(6)34(51)28(7)38(53)57-32(14-2)42(9)36(26(5)33(50)25(4)23-41(37,8)55-12)49(40(54)59-42)22-17-16-21-48-24-30(45-46-48)29-19-18-20-43-44-29/h18-20,24-28,31-32,35-37,39,52H,13-15,21-23H2,1-12H3/t25-,26+,27+,28-,31?,32-,35?,36-,37-,39+,41-,42-/m1/s1. The lowest BCUT2D eigenvalue weighted by Crippen LogP contribution is -2.59. The van der Waals surface area contributed by atoms with Crippen molar-refractivity contribution in [3.05, 3.63) is 24.5 Å². The lowest BCUT2D eigenvalue weighted by atomic mass is 9.73. The zero-order chi connectivity index (χ0) is 43.8. The van der Waals surface area contributed by atoms with Crippen molar-refractivity contribution in [3.8, 4) is 23.2 Å². The number of nitrogens with zero attached hydrogens (tertiary/aromatic N) is 7. The van der Waals surface area contributed by atoms with E-state index in [2.05, 4.69) is 32.4 Å². The fourth-order valence-corrected chi connectivity index (χ4v) is 8.67. The average Bonchev–Trinajstić information content (AvgIpc) is 3.79. The number of likely N-dealkylation sites (N-methyl/N-ethyl adjacent to an activating group) is 1. The molecule has 2 fully saturated rings. The number of aliphatic hydroxyl groups excluding tert-OH is 1. The Morgan fingerprint density at radius 1 is 1.00 bits per heavy atom. The first-order chi connectivity index (χ1) is 27.9. The summed E-state index contributed by atoms with van der Waals surface area (Å²) in [4.78, 5) is 60.0. The van der Waals surface area contributed by atoms with E-state index >= 15 is 0 Å². The highest BCUT2D eigenvalue weighted by Gasteiger charge is 2.60. The van der Waals surface area contributed by atoms with E-state index in [9.17, 15) is 24.3 Å². The number of aliphatic hydroxyl groups is 1. The first-order valence-electron chi connectivity index (χ1n) is 20.5. The number of ketones is 2. The molecule has 17 heteroatoms. The van der Waals surface area contributed by atoms with E-state index in [0.29, 0.717) is 17.8 Å². The van der Waals surface area contributed by atoms with E-state index in [1.807, 2.05) is 25.9 Å². The SMILES string of the molecule is CCO[C@@H](O[C@@H]1[C@@H](C)C(=O)[C@@H](C)C(=O)O[C@H](CC)[C@@]2(C)OC(=O)N(CC#CCn3cc(-c4cccnn4)nn3)[C@@H]2[C@@H](C)C(=O)[C@H](C)C[C@@]1(C)OC)C(O)C(CC)N(C)C. The van der Waals surface area contributed by atoms with Crippen LogP contribution in [0.4, 0.5) is 4.79 Å². The summed E-state index contributed by atoms with van der Waals surface area (Å²) in [5.74, 6) is 0.710. The molecule has 2 aromatic heterocycles. The fourth-order valence-electron chi connectivity index (χ4n) is 8.67. The van der Waals surface area contributed by atoms with Crippen molar-refractivity contribution >= 4 is 23.6 Å². The van der Waals surface area contributed by atoms with Crippen molar-refractivity contribution in [2.75, 3.05) is 34.4 Å². The van der Waals surface area contributed by atoms with Crippen LogP contribution in [0.25, 0.3) is 11.4 Å². The summed E-state index contributed by atoms with van der Waals surface area (Å²) in [7, 11) is 5.16. The highest BCUT2D eigenvalue weighted by atomic mass is 16.7. The molecule has 0 radical (unpaired) electrons. The molecule has 0 bridgehead atoms. The third-order valence-electron chi connectivity index (χ3n) is 12.0. The molecule has 0 saturated carbocycles. The molecule has 59 heavy (non-hydrogen) atoms. The summed E-state index contributed by atoms with van der Waals surface area (Å²) in [6, 6.07) is 2.23. The Bertz CT molecular complexity index is 1820. The molecule has 1 N–H and O–H groups in total. The number of amides is 1. The van der Waals surface area contributed by atoms with Crippen LogP contribution in [0, 0.1) is 35.5 Å². The Morgan fingerprint density at radius 3 is 2.29 bits per heavy atom. The maximum atomic E-state index is 14.7. The van der Waals surface area contributed by atoms with Crippen LogP contribution in [0.15, 0.2) is 24.5 Å². The van der Waals surface area contributed by atoms with E-state index in [1.54, 1.807) is 73.0 Å². The van der Waals surface area contributed by atoms with Crippen LogP contribution >= 0.6 is 0 Å². The Kier molecular flexibility index (Phi) is 16.3. The van der Waals surface area contributed by atoms with E-state index in [0.717, 1.165) is 0 Å². The van der Waals surface area contributed by atoms with Crippen LogP contribution in [-0.4, -0.2) is 146 Å². The number of hydrogen-bond donors (Lipinski definition) is 1. The number of ether oxygens (including phenoxy) is 5. The molecule has 1 amide bonds. The van der Waals surface area contributed by atoms with E-state index in [4.69, 9.17) is 23.7 Å². The second kappa shape index (κ2) is 20.3. The van der Waals surface area contributed by atoms with E-state index in [1.165, 1.54) is 23.6 Å². The summed E-state index contributed by atoms with van der Waals surface area (Å²) < 4.78 is 32.5. The Balaban J connectivity index is 1.72. The van der Waals surface area contributed by atoms with Crippen molar-refractivity contribution in [2.24, 2.45) is 23.7 Å². The number of cyclic esters (lactones) is 1. The summed E-state index contributed by atoms with van der Waals surface area (Å²) in [6.07, 6.45) is -1.03. The topological polar surface area (TPSA) is 198 Å². The van der Waals surface area contributed by atoms with Crippen molar-refractivity contribution in [2.45, 2.75) is 136 Å². The molecule has 326 valence electrons. The molecule has 2 unspecified atom stereocenters. The van der Waals surface area contributed by atoms with Gasteiger partial charge in [-0.25, -0.2) is 9.48 Å². The van der Waals surface area contributed by atoms with Gasteiger partial charge in [0.1, 0.15) is 41.8 Å². The van der Waals surface area contributed by atoms with Gasteiger partial charge in [0, 0.05) is 43.7 Å². The molecule has 0 spiro atoms. The van der Waals surface area contributed by atoms with E-state index < -0.39 is 83.4 Å². The van der Waals surface area contributed by atoms with Gasteiger partial charge in [0.15, 0.2) is 17.7 Å². The largest absolute Gasteiger partial charge is 0.458 e. The molecule has 2 aliphatic rings. The molecule has 0 aliphatic carbocycles. The van der Waals surface area contributed by atoms with Gasteiger partial charge in [0.2, 0.25) is 0 Å². The van der Waals surface area contributed by atoms with Gasteiger partial charge < -0.3 is 33.7 Å². The number of carbonyl (C=O) groups is 4. The third kappa shape index (κ3) is 10.3. The predicted molar refractivity (Wildman–Crippen MR) is 215 cm³/mol. The average molecular weight is 826 g/mol. The lowest BCUT2D eigenvalue weighted by Gasteiger charge is -2.45. The minimum absolute atomic E-state index is 0.0807. The van der Waals surface area contributed by atoms with Crippen molar-refractivity contribution in [1.82, 2.24) is 35.0 Å². The number of Topliss-reactive ketones (excluding diaryl/α,β-unsaturated/α-hetero) is 2. The molecule has 4 heterocycles. The minimum atomic E-state index is -1.49. The van der Waals surface area contributed by atoms with E-state index in [-0.39, 0.29) is 44.4 Å². The molecular formula is C42H63N7O10. The van der Waals surface area contributed by atoms with Crippen molar-refractivity contribution in [3.63, 3.8) is 0 Å². The fraction of sp³-hybridized carbons (Fsp3) is 0.714. The summed E-state index contributed by atoms with van der Waals surface area (Å²) in [6.45, 7) is 15.7. The van der Waals surface area contributed by atoms with Gasteiger partial charge in [-0.2, -0.15) is 5.10 Å². The number of methoxy groups -OCH3 is 1. The van der Waals surface area contributed by atoms with Gasteiger partial charge in [-0.1, -0.05) is 51.7 Å². The predicted octanol–water partition coefficient (Wildman–Crippen LogP) is 3.58. The normalized spacial score (nSPS) is 31.1. The number of aromatic nitrogens is 5. The Hall–Kier alpha value is -4.34. The quantitative estimate of drug-likeness (QED) is 0.133. The molecule has 0 aromatic carbocycles. The zero-order valence-electron chi connectivity index (χ0n) is 36.6. The van der Waals surface area contributed by atoms with Crippen LogP contribution < -0.4 is 0 Å². The van der Waals surface area contributed by atoms with Gasteiger partial charge in [-0.05, 0) is 73.2 Å². The smallest absolute Gasteiger partial charge is 0.411 e. The van der Waals surface area contributed by atoms with Crippen LogP contribution in [0.2, 0.25) is 0 Å². The van der Waals surface area contributed by atoms with Gasteiger partial charge >= 0.3 is 12.1 Å². The molecule has 4 rings (SSSR count).